The number of carbonyl (C=O) groups is 1. The smallest absolute Gasteiger partial charge is 0.250 e. The largest absolute Gasteiger partial charge is 0.299 e. The molecule has 0 fully saturated rings. The second-order valence-corrected chi connectivity index (χ2v) is 10.4. The number of sulfonamides is 1. The molecule has 1 heterocycles. The summed E-state index contributed by atoms with van der Waals surface area (Å²) >= 11 is 8.73. The van der Waals surface area contributed by atoms with Crippen molar-refractivity contribution < 1.29 is 13.2 Å². The van der Waals surface area contributed by atoms with Gasteiger partial charge in [0.05, 0.1) is 11.9 Å². The fraction of sp³-hybridized carbons (Fsp3) is 0.353. The first-order chi connectivity index (χ1) is 13.2. The number of halogens is 1. The van der Waals surface area contributed by atoms with Gasteiger partial charge in [-0.1, -0.05) is 53.8 Å². The molecule has 2 rings (SSSR count). The summed E-state index contributed by atoms with van der Waals surface area (Å²) in [7, 11) is -3.75. The van der Waals surface area contributed by atoms with E-state index in [4.69, 9.17) is 11.6 Å². The summed E-state index contributed by atoms with van der Waals surface area (Å²) in [4.78, 5) is 12.9. The average molecular weight is 461 g/mol. The molecule has 28 heavy (non-hydrogen) atoms. The van der Waals surface area contributed by atoms with Crippen LogP contribution in [0.15, 0.2) is 35.2 Å². The summed E-state index contributed by atoms with van der Waals surface area (Å²) in [5, 5.41) is 11.3. The van der Waals surface area contributed by atoms with Crippen LogP contribution in [0, 0.1) is 6.92 Å². The molecular weight excluding hydrogens is 440 g/mol. The van der Waals surface area contributed by atoms with Crippen LogP contribution in [0.25, 0.3) is 0 Å². The Hall–Kier alpha value is -1.62. The minimum Gasteiger partial charge on any atom is -0.299 e. The van der Waals surface area contributed by atoms with Gasteiger partial charge in [-0.25, -0.2) is 8.42 Å². The highest BCUT2D eigenvalue weighted by molar-refractivity contribution is 8.01. The van der Waals surface area contributed by atoms with Gasteiger partial charge < -0.3 is 0 Å². The van der Waals surface area contributed by atoms with Crippen molar-refractivity contribution in [3.05, 3.63) is 41.4 Å². The zero-order valence-corrected chi connectivity index (χ0v) is 18.9. The van der Waals surface area contributed by atoms with E-state index in [2.05, 4.69) is 22.1 Å². The number of anilines is 2. The van der Waals surface area contributed by atoms with Gasteiger partial charge in [0.1, 0.15) is 6.04 Å². The highest BCUT2D eigenvalue weighted by Crippen LogP contribution is 2.30. The normalized spacial score (nSPS) is 12.4. The maximum Gasteiger partial charge on any atom is 0.250 e. The lowest BCUT2D eigenvalue weighted by Crippen LogP contribution is -2.47. The second kappa shape index (κ2) is 9.73. The predicted molar refractivity (Wildman–Crippen MR) is 117 cm³/mol. The maximum absolute atomic E-state index is 12.9. The Morgan fingerprint density at radius 2 is 2.18 bits per heavy atom. The molecular formula is C17H21ClN4O3S3. The molecule has 0 aliphatic rings. The lowest BCUT2D eigenvalue weighted by atomic mass is 10.1. The van der Waals surface area contributed by atoms with Crippen LogP contribution in [0.1, 0.15) is 18.9 Å². The standard InChI is InChI=1S/C17H21ClN4O3S3/c1-5-9-26-17-21-20-16(27-17)19-15(23)13(6-2)22(28(4,24)25)14-10-12(18)8-7-11(14)3/h5,7-8,10,13H,1,6,9H2,2-4H3,(H,19,20,23). The number of thioether (sulfide) groups is 1. The van der Waals surface area contributed by atoms with Crippen molar-refractivity contribution in [3.8, 4) is 0 Å². The van der Waals surface area contributed by atoms with E-state index in [0.29, 0.717) is 31.5 Å². The summed E-state index contributed by atoms with van der Waals surface area (Å²) in [6, 6.07) is 3.98. The fourth-order valence-corrected chi connectivity index (χ4v) is 5.44. The van der Waals surface area contributed by atoms with Crippen molar-refractivity contribution in [2.75, 3.05) is 21.6 Å². The average Bonchev–Trinajstić information content (AvgIpc) is 3.06. The van der Waals surface area contributed by atoms with Crippen LogP contribution >= 0.6 is 34.7 Å². The second-order valence-electron chi connectivity index (χ2n) is 5.88. The molecule has 1 aromatic heterocycles. The van der Waals surface area contributed by atoms with Crippen LogP contribution in [0.5, 0.6) is 0 Å². The number of carbonyl (C=O) groups excluding carboxylic acids is 1. The van der Waals surface area contributed by atoms with Crippen molar-refractivity contribution in [2.24, 2.45) is 0 Å². The Morgan fingerprint density at radius 1 is 1.46 bits per heavy atom. The first-order valence-electron chi connectivity index (χ1n) is 8.31. The molecule has 1 aromatic carbocycles. The van der Waals surface area contributed by atoms with Crippen LogP contribution in [0.2, 0.25) is 5.02 Å². The minimum absolute atomic E-state index is 0.266. The van der Waals surface area contributed by atoms with E-state index < -0.39 is 22.0 Å². The van der Waals surface area contributed by atoms with Crippen molar-refractivity contribution in [3.63, 3.8) is 0 Å². The Kier molecular flexibility index (Phi) is 7.87. The molecule has 7 nitrogen and oxygen atoms in total. The van der Waals surface area contributed by atoms with Crippen LogP contribution in [-0.4, -0.2) is 42.6 Å². The first-order valence-corrected chi connectivity index (χ1v) is 12.3. The van der Waals surface area contributed by atoms with Crippen LogP contribution < -0.4 is 9.62 Å². The van der Waals surface area contributed by atoms with Gasteiger partial charge in [0.25, 0.3) is 0 Å². The maximum atomic E-state index is 12.9. The third-order valence-corrected chi connectivity index (χ3v) is 7.07. The molecule has 0 radical (unpaired) electrons. The summed E-state index contributed by atoms with van der Waals surface area (Å²) < 4.78 is 26.9. The molecule has 0 bridgehead atoms. The van der Waals surface area contributed by atoms with Crippen molar-refractivity contribution in [1.82, 2.24) is 10.2 Å². The first kappa shape index (κ1) is 22.7. The highest BCUT2D eigenvalue weighted by Gasteiger charge is 2.33. The van der Waals surface area contributed by atoms with Gasteiger partial charge in [0, 0.05) is 10.8 Å². The van der Waals surface area contributed by atoms with E-state index in [1.807, 2.05) is 0 Å². The number of aromatic nitrogens is 2. The molecule has 0 aliphatic heterocycles. The molecule has 1 N–H and O–H groups in total. The van der Waals surface area contributed by atoms with Crippen LogP contribution in [0.3, 0.4) is 0 Å². The highest BCUT2D eigenvalue weighted by atomic mass is 35.5. The summed E-state index contributed by atoms with van der Waals surface area (Å²) in [5.74, 6) is 0.194. The number of hydrogen-bond donors (Lipinski definition) is 1. The van der Waals surface area contributed by atoms with Gasteiger partial charge in [-0.05, 0) is 31.0 Å². The molecule has 1 unspecified atom stereocenters. The Labute approximate surface area is 178 Å². The van der Waals surface area contributed by atoms with Gasteiger partial charge in [-0.3, -0.25) is 14.4 Å². The van der Waals surface area contributed by atoms with Gasteiger partial charge in [0.2, 0.25) is 21.1 Å². The van der Waals surface area contributed by atoms with E-state index in [1.165, 1.54) is 23.1 Å². The number of amides is 1. The van der Waals surface area contributed by atoms with Gasteiger partial charge in [-0.2, -0.15) is 0 Å². The van der Waals surface area contributed by atoms with E-state index in [-0.39, 0.29) is 6.42 Å². The summed E-state index contributed by atoms with van der Waals surface area (Å²) in [6.07, 6.45) is 3.08. The molecule has 0 aliphatic carbocycles. The minimum atomic E-state index is -3.75. The van der Waals surface area contributed by atoms with E-state index in [9.17, 15) is 13.2 Å². The van der Waals surface area contributed by atoms with Crippen molar-refractivity contribution >= 4 is 61.4 Å². The van der Waals surface area contributed by atoms with Gasteiger partial charge in [0.15, 0.2) is 4.34 Å². The van der Waals surface area contributed by atoms with E-state index in [1.54, 1.807) is 38.1 Å². The number of nitrogens with zero attached hydrogens (tertiary/aromatic N) is 3. The molecule has 1 amide bonds. The molecule has 2 aromatic rings. The molecule has 152 valence electrons. The fourth-order valence-electron chi connectivity index (χ4n) is 2.49. The molecule has 11 heteroatoms. The predicted octanol–water partition coefficient (Wildman–Crippen LogP) is 3.96. The Bertz CT molecular complexity index is 962. The quantitative estimate of drug-likeness (QED) is 0.346. The Morgan fingerprint density at radius 3 is 2.79 bits per heavy atom. The van der Waals surface area contributed by atoms with Gasteiger partial charge in [-0.15, -0.1) is 16.8 Å². The SMILES string of the molecule is C=CCSc1nnc(NC(=O)C(CC)N(c2cc(Cl)ccc2C)S(C)(=O)=O)s1. The number of benzene rings is 1. The lowest BCUT2D eigenvalue weighted by molar-refractivity contribution is -0.117. The summed E-state index contributed by atoms with van der Waals surface area (Å²) in [5.41, 5.74) is 1.07. The molecule has 0 saturated carbocycles. The Balaban J connectivity index is 2.33. The lowest BCUT2D eigenvalue weighted by Gasteiger charge is -2.31. The number of hydrogen-bond acceptors (Lipinski definition) is 7. The number of nitrogens with one attached hydrogen (secondary N) is 1. The third-order valence-electron chi connectivity index (χ3n) is 3.70. The topological polar surface area (TPSA) is 92.3 Å². The van der Waals surface area contributed by atoms with Crippen LogP contribution in [-0.2, 0) is 14.8 Å². The van der Waals surface area contributed by atoms with E-state index >= 15 is 0 Å². The zero-order chi connectivity index (χ0) is 20.9. The zero-order valence-electron chi connectivity index (χ0n) is 15.7. The summed E-state index contributed by atoms with van der Waals surface area (Å²) in [6.45, 7) is 7.15. The molecule has 0 saturated heterocycles. The molecule has 0 spiro atoms. The number of rotatable bonds is 9. The molecule has 1 atom stereocenters. The number of aryl methyl sites for hydroxylation is 1. The third kappa shape index (κ3) is 5.69. The van der Waals surface area contributed by atoms with E-state index in [0.717, 1.165) is 10.6 Å². The van der Waals surface area contributed by atoms with Gasteiger partial charge >= 0.3 is 0 Å². The van der Waals surface area contributed by atoms with Crippen molar-refractivity contribution in [1.29, 1.82) is 0 Å². The van der Waals surface area contributed by atoms with Crippen molar-refractivity contribution in [2.45, 2.75) is 30.6 Å². The van der Waals surface area contributed by atoms with Crippen LogP contribution in [0.4, 0.5) is 10.8 Å². The monoisotopic (exact) mass is 460 g/mol.